The quantitative estimate of drug-likeness (QED) is 0.938. The van der Waals surface area contributed by atoms with E-state index >= 15 is 0 Å². The number of phenols is 1. The Morgan fingerprint density at radius 3 is 2.55 bits per heavy atom. The van der Waals surface area contributed by atoms with E-state index < -0.39 is 9.84 Å². The number of rotatable bonds is 4. The van der Waals surface area contributed by atoms with Gasteiger partial charge in [0.05, 0.1) is 12.0 Å². The average Bonchev–Trinajstić information content (AvgIpc) is 2.77. The van der Waals surface area contributed by atoms with E-state index in [1.807, 2.05) is 0 Å². The summed E-state index contributed by atoms with van der Waals surface area (Å²) in [6.07, 6.45) is 1.52. The molecule has 0 radical (unpaired) electrons. The summed E-state index contributed by atoms with van der Waals surface area (Å²) in [6, 6.07) is 11.5. The first-order valence-electron chi connectivity index (χ1n) is 6.57. The minimum absolute atomic E-state index is 0.0563. The molecule has 6 heteroatoms. The van der Waals surface area contributed by atoms with Crippen molar-refractivity contribution >= 4 is 15.9 Å². The Balaban J connectivity index is 1.84. The molecule has 0 saturated carbocycles. The van der Waals surface area contributed by atoms with Crippen LogP contribution in [0.2, 0.25) is 0 Å². The first-order chi connectivity index (χ1) is 10.5. The maximum absolute atomic E-state index is 12.4. The molecule has 1 aliphatic rings. The van der Waals surface area contributed by atoms with Crippen molar-refractivity contribution in [1.82, 2.24) is 0 Å². The third kappa shape index (κ3) is 2.42. The second-order valence-corrected chi connectivity index (χ2v) is 6.72. The molecule has 0 spiro atoms. The van der Waals surface area contributed by atoms with E-state index in [-0.39, 0.29) is 22.2 Å². The van der Waals surface area contributed by atoms with Crippen molar-refractivity contribution in [3.63, 3.8) is 0 Å². The van der Waals surface area contributed by atoms with Crippen LogP contribution in [0.3, 0.4) is 0 Å². The van der Waals surface area contributed by atoms with Crippen LogP contribution in [0.15, 0.2) is 52.3 Å². The summed E-state index contributed by atoms with van der Waals surface area (Å²) in [4.78, 5) is 0.0612. The van der Waals surface area contributed by atoms with Crippen molar-refractivity contribution in [2.75, 3.05) is 13.7 Å². The summed E-state index contributed by atoms with van der Waals surface area (Å²) in [6.45, 7) is -0.108. The van der Waals surface area contributed by atoms with Gasteiger partial charge in [-0.05, 0) is 29.8 Å². The smallest absolute Gasteiger partial charge is 0.210 e. The molecule has 0 fully saturated rings. The van der Waals surface area contributed by atoms with E-state index in [0.717, 1.165) is 0 Å². The normalized spacial score (nSPS) is 15.0. The van der Waals surface area contributed by atoms with Gasteiger partial charge >= 0.3 is 0 Å². The van der Waals surface area contributed by atoms with Gasteiger partial charge in [-0.3, -0.25) is 0 Å². The minimum Gasteiger partial charge on any atom is -0.507 e. The first kappa shape index (κ1) is 14.5. The van der Waals surface area contributed by atoms with Crippen molar-refractivity contribution in [1.29, 1.82) is 0 Å². The number of methoxy groups -OCH3 is 1. The summed E-state index contributed by atoms with van der Waals surface area (Å²) in [5, 5.41) is 9.77. The van der Waals surface area contributed by atoms with Crippen molar-refractivity contribution in [3.05, 3.63) is 52.9 Å². The van der Waals surface area contributed by atoms with E-state index in [0.29, 0.717) is 17.1 Å². The second kappa shape index (κ2) is 5.38. The predicted molar refractivity (Wildman–Crippen MR) is 81.8 cm³/mol. The molecular formula is C16H14O5S. The van der Waals surface area contributed by atoms with Gasteiger partial charge in [-0.25, -0.2) is 8.42 Å². The topological polar surface area (TPSA) is 72.8 Å². The molecule has 1 N–H and O–H groups in total. The molecule has 1 heterocycles. The maximum Gasteiger partial charge on any atom is 0.210 e. The predicted octanol–water partition coefficient (Wildman–Crippen LogP) is 2.61. The summed E-state index contributed by atoms with van der Waals surface area (Å²) in [7, 11) is -2.16. The van der Waals surface area contributed by atoms with Crippen molar-refractivity contribution in [3.8, 4) is 17.2 Å². The highest BCUT2D eigenvalue weighted by Gasteiger charge is 2.32. The standard InChI is InChI=1S/C16H14O5S/c1-20-12-5-3-6-13(9-12)21-10-14-8-11-4-2-7-15(17)16(11)22(14,18)19/h2-9,17H,10H2,1H3. The number of fused-ring (bicyclic) bond motifs is 1. The third-order valence-corrected chi connectivity index (χ3v) is 5.29. The molecule has 0 atom stereocenters. The summed E-state index contributed by atoms with van der Waals surface area (Å²) in [5.74, 6) is 0.891. The fraction of sp³-hybridized carbons (Fsp3) is 0.125. The number of ether oxygens (including phenoxy) is 2. The van der Waals surface area contributed by atoms with Gasteiger partial charge < -0.3 is 14.6 Å². The van der Waals surface area contributed by atoms with Crippen LogP contribution >= 0.6 is 0 Å². The van der Waals surface area contributed by atoms with Gasteiger partial charge in [-0.1, -0.05) is 18.2 Å². The van der Waals surface area contributed by atoms with E-state index in [9.17, 15) is 13.5 Å². The van der Waals surface area contributed by atoms with Gasteiger partial charge in [0.15, 0.2) is 0 Å². The van der Waals surface area contributed by atoms with E-state index in [2.05, 4.69) is 0 Å². The lowest BCUT2D eigenvalue weighted by Crippen LogP contribution is -2.09. The molecule has 5 nitrogen and oxygen atoms in total. The molecule has 2 aromatic carbocycles. The second-order valence-electron chi connectivity index (χ2n) is 4.78. The zero-order valence-electron chi connectivity index (χ0n) is 11.8. The number of sulfone groups is 1. The molecular weight excluding hydrogens is 304 g/mol. The zero-order chi connectivity index (χ0) is 15.7. The van der Waals surface area contributed by atoms with Crippen LogP contribution in [0.4, 0.5) is 0 Å². The molecule has 22 heavy (non-hydrogen) atoms. The van der Waals surface area contributed by atoms with Crippen LogP contribution in [0, 0.1) is 0 Å². The highest BCUT2D eigenvalue weighted by Crippen LogP contribution is 2.38. The van der Waals surface area contributed by atoms with E-state index in [1.165, 1.54) is 12.1 Å². The van der Waals surface area contributed by atoms with Crippen molar-refractivity contribution in [2.24, 2.45) is 0 Å². The van der Waals surface area contributed by atoms with Crippen LogP contribution in [0.5, 0.6) is 17.2 Å². The summed E-state index contributed by atoms with van der Waals surface area (Å²) in [5.41, 5.74) is 0.476. The highest BCUT2D eigenvalue weighted by atomic mass is 32.2. The van der Waals surface area contributed by atoms with Gasteiger partial charge in [0.25, 0.3) is 0 Å². The van der Waals surface area contributed by atoms with Gasteiger partial charge in [-0.2, -0.15) is 0 Å². The Morgan fingerprint density at radius 1 is 1.09 bits per heavy atom. The molecule has 0 saturated heterocycles. The first-order valence-corrected chi connectivity index (χ1v) is 8.05. The van der Waals surface area contributed by atoms with Crippen LogP contribution in [-0.2, 0) is 9.84 Å². The summed E-state index contributed by atoms with van der Waals surface area (Å²) >= 11 is 0. The van der Waals surface area contributed by atoms with Gasteiger partial charge in [0.1, 0.15) is 28.8 Å². The Kier molecular flexibility index (Phi) is 3.54. The number of hydrogen-bond acceptors (Lipinski definition) is 5. The fourth-order valence-corrected chi connectivity index (χ4v) is 3.83. The zero-order valence-corrected chi connectivity index (χ0v) is 12.6. The Bertz CT molecular complexity index is 853. The van der Waals surface area contributed by atoms with Gasteiger partial charge in [0.2, 0.25) is 9.84 Å². The molecule has 0 bridgehead atoms. The fourth-order valence-electron chi connectivity index (χ4n) is 2.30. The average molecular weight is 318 g/mol. The van der Waals surface area contributed by atoms with Crippen LogP contribution in [-0.4, -0.2) is 27.2 Å². The molecule has 0 unspecified atom stereocenters. The lowest BCUT2D eigenvalue weighted by Gasteiger charge is -2.09. The Hall–Kier alpha value is -2.47. The van der Waals surface area contributed by atoms with Crippen LogP contribution in [0.25, 0.3) is 6.08 Å². The number of hydrogen-bond donors (Lipinski definition) is 1. The Labute approximate surface area is 128 Å². The maximum atomic E-state index is 12.4. The van der Waals surface area contributed by atoms with Crippen molar-refractivity contribution < 1.29 is 23.0 Å². The largest absolute Gasteiger partial charge is 0.507 e. The molecule has 2 aromatic rings. The van der Waals surface area contributed by atoms with Crippen LogP contribution in [0.1, 0.15) is 5.56 Å². The minimum atomic E-state index is -3.71. The molecule has 0 aromatic heterocycles. The molecule has 114 valence electrons. The lowest BCUT2D eigenvalue weighted by atomic mass is 10.2. The van der Waals surface area contributed by atoms with E-state index in [4.69, 9.17) is 9.47 Å². The van der Waals surface area contributed by atoms with E-state index in [1.54, 1.807) is 43.5 Å². The van der Waals surface area contributed by atoms with Crippen LogP contribution < -0.4 is 9.47 Å². The molecule has 1 aliphatic heterocycles. The third-order valence-electron chi connectivity index (χ3n) is 3.38. The Morgan fingerprint density at radius 2 is 1.82 bits per heavy atom. The monoisotopic (exact) mass is 318 g/mol. The molecule has 0 amide bonds. The van der Waals surface area contributed by atoms with Gasteiger partial charge in [-0.15, -0.1) is 0 Å². The molecule has 0 aliphatic carbocycles. The van der Waals surface area contributed by atoms with Gasteiger partial charge in [0, 0.05) is 6.07 Å². The SMILES string of the molecule is COc1cccc(OCC2=Cc3cccc(O)c3S2(=O)=O)c1. The highest BCUT2D eigenvalue weighted by molar-refractivity contribution is 7.96. The number of aromatic hydroxyl groups is 1. The number of benzene rings is 2. The number of phenolic OH excluding ortho intramolecular Hbond substituents is 1. The van der Waals surface area contributed by atoms with Crippen molar-refractivity contribution in [2.45, 2.75) is 4.90 Å². The summed E-state index contributed by atoms with van der Waals surface area (Å²) < 4.78 is 35.5. The molecule has 3 rings (SSSR count). The lowest BCUT2D eigenvalue weighted by molar-refractivity contribution is 0.353.